The van der Waals surface area contributed by atoms with Crippen molar-refractivity contribution in [2.24, 2.45) is 23.2 Å². The molecule has 6 heteroatoms. The molecule has 0 aromatic rings. The Morgan fingerprint density at radius 2 is 1.96 bits per heavy atom. The summed E-state index contributed by atoms with van der Waals surface area (Å²) in [5.74, 6) is -0.716. The second-order valence-electron chi connectivity index (χ2n) is 7.81. The van der Waals surface area contributed by atoms with Crippen LogP contribution in [0.15, 0.2) is 23.3 Å². The van der Waals surface area contributed by atoms with Crippen molar-refractivity contribution in [1.82, 2.24) is 0 Å². The van der Waals surface area contributed by atoms with Gasteiger partial charge in [0, 0.05) is 12.8 Å². The number of fused-ring (bicyclic) bond motifs is 2. The van der Waals surface area contributed by atoms with Gasteiger partial charge in [0.1, 0.15) is 6.10 Å². The number of allylic oxidation sites excluding steroid dienone is 2. The average molecular weight is 346 g/mol. The molecular formula is C19H22O6. The van der Waals surface area contributed by atoms with Crippen LogP contribution in [0.5, 0.6) is 0 Å². The molecular weight excluding hydrogens is 324 g/mol. The zero-order valence-corrected chi connectivity index (χ0v) is 14.4. The zero-order valence-electron chi connectivity index (χ0n) is 14.4. The number of rotatable bonds is 1. The summed E-state index contributed by atoms with van der Waals surface area (Å²) in [4.78, 5) is 37.1. The lowest BCUT2D eigenvalue weighted by molar-refractivity contribution is -0.158. The van der Waals surface area contributed by atoms with E-state index in [0.29, 0.717) is 12.8 Å². The maximum Gasteiger partial charge on any atom is 0.340 e. The third-order valence-corrected chi connectivity index (χ3v) is 6.62. The molecule has 2 aliphatic heterocycles. The molecule has 0 bridgehead atoms. The van der Waals surface area contributed by atoms with Gasteiger partial charge in [0.15, 0.2) is 5.78 Å². The first kappa shape index (κ1) is 16.5. The van der Waals surface area contributed by atoms with E-state index in [1.807, 2.05) is 13.8 Å². The molecule has 0 aromatic heterocycles. The predicted molar refractivity (Wildman–Crippen MR) is 85.9 cm³/mol. The van der Waals surface area contributed by atoms with Crippen LogP contribution in [-0.2, 0) is 23.9 Å². The average Bonchev–Trinajstić information content (AvgIpc) is 3.04. The number of aliphatic hydroxyl groups is 1. The van der Waals surface area contributed by atoms with Crippen LogP contribution < -0.4 is 0 Å². The lowest BCUT2D eigenvalue weighted by Crippen LogP contribution is -2.50. The molecule has 0 aromatic carbocycles. The Morgan fingerprint density at radius 3 is 2.64 bits per heavy atom. The van der Waals surface area contributed by atoms with Crippen LogP contribution in [-0.4, -0.2) is 35.2 Å². The number of hydrogen-bond donors (Lipinski definition) is 1. The molecule has 1 spiro atoms. The third kappa shape index (κ3) is 2.30. The van der Waals surface area contributed by atoms with Gasteiger partial charge in [0.05, 0.1) is 11.0 Å². The Morgan fingerprint density at radius 1 is 1.20 bits per heavy atom. The maximum absolute atomic E-state index is 13.0. The van der Waals surface area contributed by atoms with Gasteiger partial charge in [-0.1, -0.05) is 12.5 Å². The summed E-state index contributed by atoms with van der Waals surface area (Å²) in [5, 5.41) is 9.49. The van der Waals surface area contributed by atoms with Gasteiger partial charge in [-0.3, -0.25) is 9.59 Å². The van der Waals surface area contributed by atoms with Crippen LogP contribution in [0.2, 0.25) is 0 Å². The first-order valence-electron chi connectivity index (χ1n) is 8.86. The number of carbonyl (C=O) groups excluding carboxylic acids is 3. The molecule has 25 heavy (non-hydrogen) atoms. The van der Waals surface area contributed by atoms with Crippen molar-refractivity contribution in [2.75, 3.05) is 0 Å². The molecule has 1 N–H and O–H groups in total. The van der Waals surface area contributed by atoms with E-state index in [4.69, 9.17) is 9.47 Å². The van der Waals surface area contributed by atoms with Crippen molar-refractivity contribution in [3.05, 3.63) is 23.3 Å². The number of esters is 2. The molecule has 0 unspecified atom stereocenters. The van der Waals surface area contributed by atoms with Crippen LogP contribution in [0.4, 0.5) is 0 Å². The lowest BCUT2D eigenvalue weighted by Gasteiger charge is -2.49. The highest BCUT2D eigenvalue weighted by Gasteiger charge is 2.62. The minimum atomic E-state index is -1.28. The lowest BCUT2D eigenvalue weighted by atomic mass is 9.52. The number of carbonyl (C=O) groups is 3. The summed E-state index contributed by atoms with van der Waals surface area (Å²) in [5.41, 5.74) is 0.494. The highest BCUT2D eigenvalue weighted by atomic mass is 16.6. The van der Waals surface area contributed by atoms with Gasteiger partial charge in [-0.15, -0.1) is 0 Å². The third-order valence-electron chi connectivity index (χ3n) is 6.62. The molecule has 4 rings (SSSR count). The molecule has 2 aliphatic carbocycles. The fraction of sp³-hybridized carbons (Fsp3) is 0.632. The quantitative estimate of drug-likeness (QED) is 0.727. The van der Waals surface area contributed by atoms with E-state index in [-0.39, 0.29) is 35.1 Å². The van der Waals surface area contributed by atoms with Crippen molar-refractivity contribution in [1.29, 1.82) is 0 Å². The van der Waals surface area contributed by atoms with E-state index in [9.17, 15) is 19.5 Å². The Labute approximate surface area is 145 Å². The van der Waals surface area contributed by atoms with Crippen molar-refractivity contribution in [3.8, 4) is 0 Å². The van der Waals surface area contributed by atoms with E-state index < -0.39 is 23.8 Å². The summed E-state index contributed by atoms with van der Waals surface area (Å²) in [6.07, 6.45) is 3.58. The predicted octanol–water partition coefficient (Wildman–Crippen LogP) is 1.67. The highest BCUT2D eigenvalue weighted by molar-refractivity contribution is 5.95. The fourth-order valence-corrected chi connectivity index (χ4v) is 5.34. The second kappa shape index (κ2) is 5.53. The van der Waals surface area contributed by atoms with E-state index >= 15 is 0 Å². The Kier molecular flexibility index (Phi) is 3.65. The minimum absolute atomic E-state index is 0.0541. The molecule has 1 saturated heterocycles. The van der Waals surface area contributed by atoms with Gasteiger partial charge in [-0.2, -0.15) is 0 Å². The number of cyclic esters (lactones) is 2. The van der Waals surface area contributed by atoms with Crippen molar-refractivity contribution >= 4 is 17.7 Å². The Balaban J connectivity index is 1.71. The molecule has 6 atom stereocenters. The first-order chi connectivity index (χ1) is 11.8. The van der Waals surface area contributed by atoms with Crippen LogP contribution in [0.25, 0.3) is 0 Å². The standard InChI is InChI=1S/C19H22O6/c1-9-5-11(20)6-14-12(9)4-3-10(2)19(14)8-15(24-18(19)23)13-7-16(21)25-17(13)22/h5,7,10,12,14-16,21H,3-4,6,8H2,1-2H3/t10-,12+,14+,15-,16-,19-/m1/s1. The van der Waals surface area contributed by atoms with Crippen molar-refractivity contribution < 1.29 is 29.0 Å². The van der Waals surface area contributed by atoms with E-state index in [1.54, 1.807) is 6.08 Å². The van der Waals surface area contributed by atoms with Crippen LogP contribution >= 0.6 is 0 Å². The fourth-order valence-electron chi connectivity index (χ4n) is 5.34. The molecule has 1 saturated carbocycles. The summed E-state index contributed by atoms with van der Waals surface area (Å²) in [6, 6.07) is 0. The summed E-state index contributed by atoms with van der Waals surface area (Å²) in [7, 11) is 0. The molecule has 6 nitrogen and oxygen atoms in total. The number of aliphatic hydroxyl groups excluding tert-OH is 1. The summed E-state index contributed by atoms with van der Waals surface area (Å²) >= 11 is 0. The molecule has 0 radical (unpaired) electrons. The van der Waals surface area contributed by atoms with E-state index in [2.05, 4.69) is 0 Å². The second-order valence-corrected chi connectivity index (χ2v) is 7.81. The molecule has 4 aliphatic rings. The molecule has 134 valence electrons. The molecule has 2 heterocycles. The van der Waals surface area contributed by atoms with Gasteiger partial charge in [-0.25, -0.2) is 4.79 Å². The minimum Gasteiger partial charge on any atom is -0.457 e. The van der Waals surface area contributed by atoms with E-state index in [0.717, 1.165) is 18.4 Å². The zero-order chi connectivity index (χ0) is 17.9. The maximum atomic E-state index is 13.0. The van der Waals surface area contributed by atoms with Crippen LogP contribution in [0, 0.1) is 23.2 Å². The highest BCUT2D eigenvalue weighted by Crippen LogP contribution is 2.59. The first-order valence-corrected chi connectivity index (χ1v) is 8.86. The summed E-state index contributed by atoms with van der Waals surface area (Å²) in [6.45, 7) is 4.00. The number of hydrogen-bond acceptors (Lipinski definition) is 6. The van der Waals surface area contributed by atoms with Crippen LogP contribution in [0.1, 0.15) is 39.5 Å². The Hall–Kier alpha value is -1.95. The largest absolute Gasteiger partial charge is 0.457 e. The monoisotopic (exact) mass is 346 g/mol. The SMILES string of the molecule is CC1=CC(=O)C[C@H]2[C@H]1CC[C@@H](C)[C@]21C[C@H](C2=C[C@H](O)OC2=O)OC1=O. The van der Waals surface area contributed by atoms with Crippen molar-refractivity contribution in [3.63, 3.8) is 0 Å². The van der Waals surface area contributed by atoms with Gasteiger partial charge in [0.25, 0.3) is 0 Å². The topological polar surface area (TPSA) is 89.9 Å². The van der Waals surface area contributed by atoms with Gasteiger partial charge in [-0.05, 0) is 49.7 Å². The normalized spacial score (nSPS) is 43.5. The number of ether oxygens (including phenoxy) is 2. The van der Waals surface area contributed by atoms with Gasteiger partial charge >= 0.3 is 11.9 Å². The van der Waals surface area contributed by atoms with Gasteiger partial charge < -0.3 is 14.6 Å². The van der Waals surface area contributed by atoms with E-state index in [1.165, 1.54) is 6.08 Å². The Bertz CT molecular complexity index is 719. The smallest absolute Gasteiger partial charge is 0.340 e. The summed E-state index contributed by atoms with van der Waals surface area (Å²) < 4.78 is 10.3. The molecule has 0 amide bonds. The van der Waals surface area contributed by atoms with Crippen molar-refractivity contribution in [2.45, 2.75) is 51.9 Å². The van der Waals surface area contributed by atoms with Gasteiger partial charge in [0.2, 0.25) is 6.29 Å². The molecule has 2 fully saturated rings. The number of ketones is 1. The van der Waals surface area contributed by atoms with Crippen LogP contribution in [0.3, 0.4) is 0 Å².